The largest absolute Gasteiger partial charge is 0.506 e. The van der Waals surface area contributed by atoms with Gasteiger partial charge in [0.1, 0.15) is 5.75 Å². The van der Waals surface area contributed by atoms with E-state index in [0.29, 0.717) is 10.6 Å². The summed E-state index contributed by atoms with van der Waals surface area (Å²) in [5, 5.41) is 10.3. The average Bonchev–Trinajstić information content (AvgIpc) is 1.97. The molecule has 0 heterocycles. The Balaban J connectivity index is 3.53. The van der Waals surface area contributed by atoms with Crippen molar-refractivity contribution >= 4 is 11.6 Å². The van der Waals surface area contributed by atoms with E-state index in [0.717, 1.165) is 11.1 Å². The first-order valence-corrected chi connectivity index (χ1v) is 4.91. The minimum Gasteiger partial charge on any atom is -0.506 e. The molecule has 14 heavy (non-hydrogen) atoms. The Hall–Kier alpha value is -0.730. The summed E-state index contributed by atoms with van der Waals surface area (Å²) in [4.78, 5) is 0. The minimum atomic E-state index is -0.578. The highest BCUT2D eigenvalue weighted by Gasteiger charge is 2.23. The molecule has 78 valence electrons. The Bertz CT molecular complexity index is 367. The van der Waals surface area contributed by atoms with E-state index in [2.05, 4.69) is 0 Å². The molecule has 0 radical (unpaired) electrons. The van der Waals surface area contributed by atoms with Crippen LogP contribution in [0.15, 0.2) is 6.07 Å². The Labute approximate surface area is 89.7 Å². The van der Waals surface area contributed by atoms with Gasteiger partial charge in [-0.05, 0) is 38.8 Å². The molecular formula is C11H16ClNO. The zero-order valence-corrected chi connectivity index (χ0v) is 9.74. The highest BCUT2D eigenvalue weighted by Crippen LogP contribution is 2.37. The van der Waals surface area contributed by atoms with Crippen LogP contribution in [0.3, 0.4) is 0 Å². The maximum Gasteiger partial charge on any atom is 0.139 e. The first-order valence-electron chi connectivity index (χ1n) is 4.53. The smallest absolute Gasteiger partial charge is 0.139 e. The highest BCUT2D eigenvalue weighted by molar-refractivity contribution is 6.32. The molecule has 0 aliphatic heterocycles. The van der Waals surface area contributed by atoms with E-state index in [1.165, 1.54) is 0 Å². The summed E-state index contributed by atoms with van der Waals surface area (Å²) in [6, 6.07) is 1.94. The van der Waals surface area contributed by atoms with Gasteiger partial charge in [0.25, 0.3) is 0 Å². The maximum atomic E-state index is 9.88. The lowest BCUT2D eigenvalue weighted by atomic mass is 9.89. The first kappa shape index (κ1) is 11.3. The second-order valence-electron chi connectivity index (χ2n) is 4.27. The van der Waals surface area contributed by atoms with Crippen molar-refractivity contribution in [2.45, 2.75) is 33.2 Å². The number of hydrogen-bond acceptors (Lipinski definition) is 2. The average molecular weight is 214 g/mol. The van der Waals surface area contributed by atoms with Gasteiger partial charge in [0.2, 0.25) is 0 Å². The summed E-state index contributed by atoms with van der Waals surface area (Å²) < 4.78 is 0. The van der Waals surface area contributed by atoms with Crippen molar-refractivity contribution in [3.05, 3.63) is 27.8 Å². The zero-order valence-electron chi connectivity index (χ0n) is 8.98. The van der Waals surface area contributed by atoms with E-state index in [9.17, 15) is 5.11 Å². The maximum absolute atomic E-state index is 9.88. The number of aryl methyl sites for hydroxylation is 2. The van der Waals surface area contributed by atoms with Gasteiger partial charge in [-0.3, -0.25) is 0 Å². The van der Waals surface area contributed by atoms with Crippen molar-refractivity contribution in [2.75, 3.05) is 0 Å². The fourth-order valence-corrected chi connectivity index (χ4v) is 1.91. The molecule has 0 spiro atoms. The molecule has 1 rings (SSSR count). The third-order valence-corrected chi connectivity index (χ3v) is 2.74. The second-order valence-corrected chi connectivity index (χ2v) is 4.65. The lowest BCUT2D eigenvalue weighted by Crippen LogP contribution is -2.29. The molecular weight excluding hydrogens is 198 g/mol. The third kappa shape index (κ3) is 1.86. The van der Waals surface area contributed by atoms with Gasteiger partial charge in [-0.1, -0.05) is 17.7 Å². The number of rotatable bonds is 1. The van der Waals surface area contributed by atoms with Crippen molar-refractivity contribution < 1.29 is 5.11 Å². The third-order valence-electron chi connectivity index (χ3n) is 2.26. The number of benzene rings is 1. The number of phenolic OH excluding ortho intramolecular Hbond substituents is 1. The highest BCUT2D eigenvalue weighted by atomic mass is 35.5. The Morgan fingerprint density at radius 2 is 1.79 bits per heavy atom. The van der Waals surface area contributed by atoms with Crippen LogP contribution in [0, 0.1) is 13.8 Å². The monoisotopic (exact) mass is 213 g/mol. The van der Waals surface area contributed by atoms with Gasteiger partial charge < -0.3 is 10.8 Å². The molecule has 0 fully saturated rings. The zero-order chi connectivity index (χ0) is 11.1. The van der Waals surface area contributed by atoms with E-state index < -0.39 is 5.54 Å². The molecule has 0 aliphatic rings. The van der Waals surface area contributed by atoms with Gasteiger partial charge in [-0.25, -0.2) is 0 Å². The van der Waals surface area contributed by atoms with Crippen molar-refractivity contribution in [2.24, 2.45) is 5.73 Å². The number of phenols is 1. The summed E-state index contributed by atoms with van der Waals surface area (Å²) in [5.74, 6) is 0.108. The Morgan fingerprint density at radius 3 is 2.21 bits per heavy atom. The molecule has 0 bridgehead atoms. The fraction of sp³-hybridized carbons (Fsp3) is 0.455. The number of hydrogen-bond donors (Lipinski definition) is 2. The molecule has 0 amide bonds. The summed E-state index contributed by atoms with van der Waals surface area (Å²) in [5.41, 5.74) is 7.94. The minimum absolute atomic E-state index is 0.108. The van der Waals surface area contributed by atoms with E-state index in [1.807, 2.05) is 33.8 Å². The van der Waals surface area contributed by atoms with Crippen LogP contribution in [-0.4, -0.2) is 5.11 Å². The number of aromatic hydroxyl groups is 1. The predicted octanol–water partition coefficient (Wildman–Crippen LogP) is 2.86. The Kier molecular flexibility index (Phi) is 2.79. The second kappa shape index (κ2) is 3.44. The van der Waals surface area contributed by atoms with Crippen LogP contribution in [0.4, 0.5) is 0 Å². The predicted molar refractivity (Wildman–Crippen MR) is 59.8 cm³/mol. The van der Waals surface area contributed by atoms with Crippen molar-refractivity contribution in [3.8, 4) is 5.75 Å². The lowest BCUT2D eigenvalue weighted by Gasteiger charge is -2.24. The molecule has 0 saturated carbocycles. The van der Waals surface area contributed by atoms with Crippen LogP contribution in [0.5, 0.6) is 5.75 Å². The van der Waals surface area contributed by atoms with Gasteiger partial charge in [0.15, 0.2) is 0 Å². The molecule has 0 saturated heterocycles. The van der Waals surface area contributed by atoms with Crippen LogP contribution >= 0.6 is 11.6 Å². The molecule has 1 aromatic carbocycles. The van der Waals surface area contributed by atoms with E-state index in [1.54, 1.807) is 0 Å². The van der Waals surface area contributed by atoms with Crippen LogP contribution < -0.4 is 5.73 Å². The number of nitrogens with two attached hydrogens (primary N) is 1. The molecule has 3 N–H and O–H groups in total. The molecule has 0 aliphatic carbocycles. The van der Waals surface area contributed by atoms with Crippen molar-refractivity contribution in [1.82, 2.24) is 0 Å². The number of halogens is 1. The van der Waals surface area contributed by atoms with Gasteiger partial charge >= 0.3 is 0 Å². The molecule has 1 aromatic rings. The van der Waals surface area contributed by atoms with Gasteiger partial charge in [0.05, 0.1) is 5.02 Å². The molecule has 3 heteroatoms. The van der Waals surface area contributed by atoms with Gasteiger partial charge in [-0.2, -0.15) is 0 Å². The van der Waals surface area contributed by atoms with Crippen LogP contribution in [-0.2, 0) is 5.54 Å². The van der Waals surface area contributed by atoms with Crippen molar-refractivity contribution in [3.63, 3.8) is 0 Å². The summed E-state index contributed by atoms with van der Waals surface area (Å²) in [7, 11) is 0. The summed E-state index contributed by atoms with van der Waals surface area (Å²) in [6.45, 7) is 7.48. The quantitative estimate of drug-likeness (QED) is 0.754. The van der Waals surface area contributed by atoms with E-state index in [4.69, 9.17) is 17.3 Å². The Morgan fingerprint density at radius 1 is 1.29 bits per heavy atom. The normalized spacial score (nSPS) is 11.9. The molecule has 0 atom stereocenters. The molecule has 0 unspecified atom stereocenters. The summed E-state index contributed by atoms with van der Waals surface area (Å²) in [6.07, 6.45) is 0. The van der Waals surface area contributed by atoms with E-state index in [-0.39, 0.29) is 5.75 Å². The van der Waals surface area contributed by atoms with Gasteiger partial charge in [0, 0.05) is 11.1 Å². The first-order chi connectivity index (χ1) is 6.25. The van der Waals surface area contributed by atoms with E-state index >= 15 is 0 Å². The lowest BCUT2D eigenvalue weighted by molar-refractivity contribution is 0.438. The van der Waals surface area contributed by atoms with Gasteiger partial charge in [-0.15, -0.1) is 0 Å². The fourth-order valence-electron chi connectivity index (χ4n) is 1.76. The van der Waals surface area contributed by atoms with Crippen LogP contribution in [0.2, 0.25) is 5.02 Å². The topological polar surface area (TPSA) is 46.2 Å². The summed E-state index contributed by atoms with van der Waals surface area (Å²) >= 11 is 5.96. The van der Waals surface area contributed by atoms with Crippen LogP contribution in [0.1, 0.15) is 30.5 Å². The molecule has 2 nitrogen and oxygen atoms in total. The van der Waals surface area contributed by atoms with Crippen molar-refractivity contribution in [1.29, 1.82) is 0 Å². The molecule has 0 aromatic heterocycles. The van der Waals surface area contributed by atoms with Crippen LogP contribution in [0.25, 0.3) is 0 Å². The standard InChI is InChI=1S/C11H16ClNO/c1-6-5-7(2)9(12)10(14)8(6)11(3,4)13/h5,14H,13H2,1-4H3. The SMILES string of the molecule is Cc1cc(C)c(C(C)(C)N)c(O)c1Cl.